The zero-order chi connectivity index (χ0) is 21.4. The maximum atomic E-state index is 13.6. The van der Waals surface area contributed by atoms with Gasteiger partial charge >= 0.3 is 0 Å². The summed E-state index contributed by atoms with van der Waals surface area (Å²) in [5.74, 6) is -1.78. The number of halogens is 2. The molecule has 154 valence electrons. The van der Waals surface area contributed by atoms with Crippen molar-refractivity contribution in [1.82, 2.24) is 15.6 Å². The summed E-state index contributed by atoms with van der Waals surface area (Å²) in [6, 6.07) is 11.1. The first-order chi connectivity index (χ1) is 14.3. The first kappa shape index (κ1) is 20.0. The number of benzene rings is 2. The molecule has 1 aromatic heterocycles. The van der Waals surface area contributed by atoms with Gasteiger partial charge in [-0.05, 0) is 23.8 Å². The molecule has 1 aliphatic rings. The molecule has 2 atom stereocenters. The quantitative estimate of drug-likeness (QED) is 0.455. The summed E-state index contributed by atoms with van der Waals surface area (Å²) in [5.41, 5.74) is 8.94. The van der Waals surface area contributed by atoms with Crippen molar-refractivity contribution in [2.75, 3.05) is 0 Å². The molecule has 5 N–H and O–H groups in total. The Kier molecular flexibility index (Phi) is 5.22. The predicted octanol–water partition coefficient (Wildman–Crippen LogP) is 2.87. The number of nitrogens with one attached hydrogen (secondary N) is 3. The number of aromatic amines is 1. The lowest BCUT2D eigenvalue weighted by Crippen LogP contribution is -2.44. The van der Waals surface area contributed by atoms with Crippen molar-refractivity contribution in [2.24, 2.45) is 5.73 Å². The van der Waals surface area contributed by atoms with Gasteiger partial charge in [0, 0.05) is 35.0 Å². The van der Waals surface area contributed by atoms with Crippen LogP contribution in [-0.2, 0) is 22.4 Å². The molecule has 3 aromatic rings. The molecule has 1 aliphatic carbocycles. The molecule has 30 heavy (non-hydrogen) atoms. The number of amides is 1. The highest BCUT2D eigenvalue weighted by Gasteiger charge is 2.37. The number of carbonyl (C=O) groups excluding carboxylic acids is 2. The second kappa shape index (κ2) is 7.84. The monoisotopic (exact) mass is 426 g/mol. The van der Waals surface area contributed by atoms with Gasteiger partial charge in [-0.2, -0.15) is 0 Å². The fourth-order valence-electron chi connectivity index (χ4n) is 3.96. The van der Waals surface area contributed by atoms with Crippen LogP contribution in [0.4, 0.5) is 4.39 Å². The number of aromatic nitrogens is 1. The van der Waals surface area contributed by atoms with Crippen LogP contribution >= 0.6 is 11.6 Å². The van der Waals surface area contributed by atoms with Crippen molar-refractivity contribution >= 4 is 34.2 Å². The standard InChI is InChI=1S/C22H20ClFN4O2/c1-11(25)26-18-10-17-20(13-4-2-3-5-16(13)27-17)21(18)28-22(30)19(29)9-12-6-7-14(23)15(24)8-12/h2-8,18,21,26-27H,1,9-10,25H2,(H,28,30)/t18-,21+/m0/s1. The molecule has 0 bridgehead atoms. The normalized spacial score (nSPS) is 17.5. The van der Waals surface area contributed by atoms with Gasteiger partial charge in [0.2, 0.25) is 5.78 Å². The number of nitrogens with two attached hydrogens (primary N) is 1. The van der Waals surface area contributed by atoms with Gasteiger partial charge in [-0.25, -0.2) is 4.39 Å². The number of hydrogen-bond acceptors (Lipinski definition) is 4. The predicted molar refractivity (Wildman–Crippen MR) is 113 cm³/mol. The van der Waals surface area contributed by atoms with E-state index in [1.54, 1.807) is 0 Å². The topological polar surface area (TPSA) is 100 Å². The largest absolute Gasteiger partial charge is 0.386 e. The number of hydrogen-bond donors (Lipinski definition) is 4. The second-order valence-corrected chi connectivity index (χ2v) is 7.75. The van der Waals surface area contributed by atoms with E-state index in [0.717, 1.165) is 28.2 Å². The Balaban J connectivity index is 1.57. The third-order valence-corrected chi connectivity index (χ3v) is 5.53. The maximum absolute atomic E-state index is 13.6. The van der Waals surface area contributed by atoms with Crippen molar-refractivity contribution in [3.63, 3.8) is 0 Å². The van der Waals surface area contributed by atoms with Gasteiger partial charge in [-0.3, -0.25) is 9.59 Å². The van der Waals surface area contributed by atoms with E-state index in [9.17, 15) is 14.0 Å². The highest BCUT2D eigenvalue weighted by Crippen LogP contribution is 2.37. The van der Waals surface area contributed by atoms with Crippen LogP contribution in [0.25, 0.3) is 10.9 Å². The number of ketones is 1. The van der Waals surface area contributed by atoms with Crippen molar-refractivity contribution in [1.29, 1.82) is 0 Å². The molecular weight excluding hydrogens is 407 g/mol. The van der Waals surface area contributed by atoms with Crippen LogP contribution in [0, 0.1) is 5.82 Å². The summed E-state index contributed by atoms with van der Waals surface area (Å²) in [6.07, 6.45) is 0.358. The number of Topliss-reactive ketones (excluding diaryl/α,β-unsaturated/α-hetero) is 1. The Morgan fingerprint density at radius 1 is 1.23 bits per heavy atom. The summed E-state index contributed by atoms with van der Waals surface area (Å²) >= 11 is 5.67. The van der Waals surface area contributed by atoms with Crippen LogP contribution in [0.1, 0.15) is 22.9 Å². The number of carbonyl (C=O) groups is 2. The van der Waals surface area contributed by atoms with Crippen molar-refractivity contribution < 1.29 is 14.0 Å². The van der Waals surface area contributed by atoms with Crippen molar-refractivity contribution in [2.45, 2.75) is 24.9 Å². The fourth-order valence-corrected chi connectivity index (χ4v) is 4.07. The third-order valence-electron chi connectivity index (χ3n) is 5.22. The average molecular weight is 427 g/mol. The van der Waals surface area contributed by atoms with E-state index in [2.05, 4.69) is 22.2 Å². The molecule has 0 unspecified atom stereocenters. The van der Waals surface area contributed by atoms with E-state index in [1.807, 2.05) is 24.3 Å². The first-order valence-corrected chi connectivity index (χ1v) is 9.79. The summed E-state index contributed by atoms with van der Waals surface area (Å²) in [6.45, 7) is 3.68. The van der Waals surface area contributed by atoms with E-state index in [1.165, 1.54) is 12.1 Å². The molecule has 6 nitrogen and oxygen atoms in total. The Morgan fingerprint density at radius 2 is 2.00 bits per heavy atom. The van der Waals surface area contributed by atoms with Crippen LogP contribution in [0.3, 0.4) is 0 Å². The summed E-state index contributed by atoms with van der Waals surface area (Å²) < 4.78 is 13.6. The molecule has 8 heteroatoms. The Bertz CT molecular complexity index is 1170. The zero-order valence-electron chi connectivity index (χ0n) is 16.0. The molecule has 0 spiro atoms. The van der Waals surface area contributed by atoms with E-state index in [4.69, 9.17) is 17.3 Å². The summed E-state index contributed by atoms with van der Waals surface area (Å²) in [4.78, 5) is 28.5. The van der Waals surface area contributed by atoms with Gasteiger partial charge in [0.25, 0.3) is 5.91 Å². The highest BCUT2D eigenvalue weighted by molar-refractivity contribution is 6.36. The lowest BCUT2D eigenvalue weighted by atomic mass is 10.0. The van der Waals surface area contributed by atoms with Crippen LogP contribution < -0.4 is 16.4 Å². The molecule has 0 radical (unpaired) electrons. The Labute approximate surface area is 177 Å². The van der Waals surface area contributed by atoms with E-state index >= 15 is 0 Å². The second-order valence-electron chi connectivity index (χ2n) is 7.34. The van der Waals surface area contributed by atoms with Crippen LogP contribution in [0.2, 0.25) is 5.02 Å². The van der Waals surface area contributed by atoms with Gasteiger partial charge in [0.15, 0.2) is 0 Å². The third kappa shape index (κ3) is 3.76. The Morgan fingerprint density at radius 3 is 2.73 bits per heavy atom. The number of fused-ring (bicyclic) bond motifs is 3. The molecule has 0 fully saturated rings. The molecule has 1 amide bonds. The molecule has 4 rings (SSSR count). The zero-order valence-corrected chi connectivity index (χ0v) is 16.7. The molecule has 0 saturated carbocycles. The number of para-hydroxylation sites is 1. The molecule has 0 saturated heterocycles. The SMILES string of the molecule is C=C(N)N[C@H]1Cc2[nH]c3ccccc3c2[C@@H]1NC(=O)C(=O)Cc1ccc(Cl)c(F)c1. The molecule has 0 aliphatic heterocycles. The van der Waals surface area contributed by atoms with E-state index in [0.29, 0.717) is 12.0 Å². The lowest BCUT2D eigenvalue weighted by molar-refractivity contribution is -0.138. The van der Waals surface area contributed by atoms with Crippen LogP contribution in [0.15, 0.2) is 54.9 Å². The van der Waals surface area contributed by atoms with Crippen LogP contribution in [-0.4, -0.2) is 22.7 Å². The molecule has 1 heterocycles. The van der Waals surface area contributed by atoms with Gasteiger partial charge in [0.1, 0.15) is 5.82 Å². The highest BCUT2D eigenvalue weighted by atomic mass is 35.5. The Hall–Kier alpha value is -3.32. The van der Waals surface area contributed by atoms with Gasteiger partial charge in [-0.15, -0.1) is 0 Å². The minimum atomic E-state index is -0.747. The number of H-pyrrole nitrogens is 1. The number of rotatable bonds is 6. The smallest absolute Gasteiger partial charge is 0.288 e. The average Bonchev–Trinajstić information content (AvgIpc) is 3.20. The minimum Gasteiger partial charge on any atom is -0.386 e. The van der Waals surface area contributed by atoms with E-state index in [-0.39, 0.29) is 23.3 Å². The molecular formula is C22H20ClFN4O2. The van der Waals surface area contributed by atoms with Gasteiger partial charge in [-0.1, -0.05) is 42.4 Å². The summed E-state index contributed by atoms with van der Waals surface area (Å²) in [7, 11) is 0. The first-order valence-electron chi connectivity index (χ1n) is 9.41. The van der Waals surface area contributed by atoms with Gasteiger partial charge in [0.05, 0.1) is 22.9 Å². The van der Waals surface area contributed by atoms with E-state index < -0.39 is 23.5 Å². The van der Waals surface area contributed by atoms with Crippen molar-refractivity contribution in [3.05, 3.63) is 82.5 Å². The van der Waals surface area contributed by atoms with Gasteiger partial charge < -0.3 is 21.4 Å². The maximum Gasteiger partial charge on any atom is 0.288 e. The fraction of sp³-hybridized carbons (Fsp3) is 0.182. The van der Waals surface area contributed by atoms with Crippen LogP contribution in [0.5, 0.6) is 0 Å². The summed E-state index contributed by atoms with van der Waals surface area (Å²) in [5, 5.41) is 6.83. The lowest BCUT2D eigenvalue weighted by Gasteiger charge is -2.23. The minimum absolute atomic E-state index is 0.0376. The van der Waals surface area contributed by atoms with Crippen molar-refractivity contribution in [3.8, 4) is 0 Å². The molecule has 2 aromatic carbocycles.